The van der Waals surface area contributed by atoms with Crippen molar-refractivity contribution >= 4 is 5.91 Å². The van der Waals surface area contributed by atoms with E-state index < -0.39 is 0 Å². The number of piperidine rings is 2. The smallest absolute Gasteiger partial charge is 0.226 e. The van der Waals surface area contributed by atoms with Gasteiger partial charge in [0.05, 0.1) is 0 Å². The molecule has 2 fully saturated rings. The Morgan fingerprint density at radius 1 is 1.35 bits per heavy atom. The molecule has 0 radical (unpaired) electrons. The summed E-state index contributed by atoms with van der Waals surface area (Å²) < 4.78 is 0. The molecule has 2 heterocycles. The molecule has 3 atom stereocenters. The molecule has 98 valence electrons. The van der Waals surface area contributed by atoms with Gasteiger partial charge in [-0.1, -0.05) is 6.92 Å². The standard InChI is InChI=1S/C14H26N2O/c1-3-13-6-4-5-9-16(13)14(17)12-7-8-15-11(2)10-12/h11-13,15H,3-10H2,1-2H3. The Labute approximate surface area is 105 Å². The molecule has 0 aromatic carbocycles. The van der Waals surface area contributed by atoms with Crippen LogP contribution in [-0.4, -0.2) is 36.0 Å². The van der Waals surface area contributed by atoms with Gasteiger partial charge >= 0.3 is 0 Å². The van der Waals surface area contributed by atoms with Crippen molar-refractivity contribution in [1.29, 1.82) is 0 Å². The van der Waals surface area contributed by atoms with Crippen molar-refractivity contribution < 1.29 is 4.79 Å². The lowest BCUT2D eigenvalue weighted by molar-refractivity contribution is -0.140. The second-order valence-corrected chi connectivity index (χ2v) is 5.67. The predicted octanol–water partition coefficient (Wildman–Crippen LogP) is 2.17. The number of carbonyl (C=O) groups is 1. The number of nitrogens with zero attached hydrogens (tertiary/aromatic N) is 1. The molecule has 2 aliphatic rings. The zero-order chi connectivity index (χ0) is 12.3. The Bertz CT molecular complexity index is 267. The van der Waals surface area contributed by atoms with Gasteiger partial charge in [0, 0.05) is 24.5 Å². The van der Waals surface area contributed by atoms with Crippen molar-refractivity contribution in [3.05, 3.63) is 0 Å². The van der Waals surface area contributed by atoms with E-state index in [2.05, 4.69) is 24.1 Å². The van der Waals surface area contributed by atoms with Gasteiger partial charge in [-0.05, 0) is 52.0 Å². The number of hydrogen-bond donors (Lipinski definition) is 1. The van der Waals surface area contributed by atoms with Crippen LogP contribution >= 0.6 is 0 Å². The van der Waals surface area contributed by atoms with Crippen molar-refractivity contribution in [1.82, 2.24) is 10.2 Å². The summed E-state index contributed by atoms with van der Waals surface area (Å²) in [6, 6.07) is 1.02. The van der Waals surface area contributed by atoms with Crippen LogP contribution in [0.25, 0.3) is 0 Å². The van der Waals surface area contributed by atoms with Crippen LogP contribution in [0.3, 0.4) is 0 Å². The van der Waals surface area contributed by atoms with Crippen LogP contribution in [-0.2, 0) is 4.79 Å². The Morgan fingerprint density at radius 2 is 2.18 bits per heavy atom. The first kappa shape index (κ1) is 12.9. The van der Waals surface area contributed by atoms with Crippen molar-refractivity contribution in [2.45, 2.75) is 64.5 Å². The quantitative estimate of drug-likeness (QED) is 0.799. The second kappa shape index (κ2) is 5.85. The van der Waals surface area contributed by atoms with Crippen molar-refractivity contribution in [3.8, 4) is 0 Å². The highest BCUT2D eigenvalue weighted by Gasteiger charge is 2.32. The molecule has 0 spiro atoms. The number of rotatable bonds is 2. The fraction of sp³-hybridized carbons (Fsp3) is 0.929. The maximum atomic E-state index is 12.6. The van der Waals surface area contributed by atoms with Crippen molar-refractivity contribution in [2.75, 3.05) is 13.1 Å². The van der Waals surface area contributed by atoms with Crippen LogP contribution in [0, 0.1) is 5.92 Å². The van der Waals surface area contributed by atoms with Gasteiger partial charge in [-0.25, -0.2) is 0 Å². The van der Waals surface area contributed by atoms with Gasteiger partial charge in [0.15, 0.2) is 0 Å². The minimum Gasteiger partial charge on any atom is -0.339 e. The third-order valence-electron chi connectivity index (χ3n) is 4.35. The van der Waals surface area contributed by atoms with Crippen molar-refractivity contribution in [3.63, 3.8) is 0 Å². The monoisotopic (exact) mass is 238 g/mol. The normalized spacial score (nSPS) is 34.7. The lowest BCUT2D eigenvalue weighted by atomic mass is 9.90. The topological polar surface area (TPSA) is 32.3 Å². The summed E-state index contributed by atoms with van der Waals surface area (Å²) >= 11 is 0. The largest absolute Gasteiger partial charge is 0.339 e. The maximum absolute atomic E-state index is 12.6. The van der Waals surface area contributed by atoms with Gasteiger partial charge in [-0.2, -0.15) is 0 Å². The van der Waals surface area contributed by atoms with E-state index in [0.29, 0.717) is 18.0 Å². The van der Waals surface area contributed by atoms with Crippen LogP contribution in [0.4, 0.5) is 0 Å². The molecule has 1 amide bonds. The number of carbonyl (C=O) groups excluding carboxylic acids is 1. The molecule has 1 N–H and O–H groups in total. The molecule has 17 heavy (non-hydrogen) atoms. The Kier molecular flexibility index (Phi) is 4.43. The molecule has 2 saturated heterocycles. The number of likely N-dealkylation sites (tertiary alicyclic amines) is 1. The molecule has 0 aliphatic carbocycles. The molecule has 0 bridgehead atoms. The van der Waals surface area contributed by atoms with Crippen LogP contribution in [0.5, 0.6) is 0 Å². The lowest BCUT2D eigenvalue weighted by Gasteiger charge is -2.39. The van der Waals surface area contributed by atoms with Gasteiger partial charge in [-0.3, -0.25) is 4.79 Å². The van der Waals surface area contributed by atoms with Gasteiger partial charge < -0.3 is 10.2 Å². The van der Waals surface area contributed by atoms with Crippen LogP contribution in [0.2, 0.25) is 0 Å². The Morgan fingerprint density at radius 3 is 2.88 bits per heavy atom. The lowest BCUT2D eigenvalue weighted by Crippen LogP contribution is -2.49. The molecule has 2 rings (SSSR count). The van der Waals surface area contributed by atoms with E-state index in [1.165, 1.54) is 19.3 Å². The predicted molar refractivity (Wildman–Crippen MR) is 69.8 cm³/mol. The fourth-order valence-electron chi connectivity index (χ4n) is 3.31. The summed E-state index contributed by atoms with van der Waals surface area (Å²) in [5, 5.41) is 3.42. The number of nitrogens with one attached hydrogen (secondary N) is 1. The summed E-state index contributed by atoms with van der Waals surface area (Å²) in [7, 11) is 0. The summed E-state index contributed by atoms with van der Waals surface area (Å²) in [6.45, 7) is 6.39. The number of amides is 1. The third-order valence-corrected chi connectivity index (χ3v) is 4.35. The summed E-state index contributed by atoms with van der Waals surface area (Å²) in [5.41, 5.74) is 0. The first-order chi connectivity index (χ1) is 8.22. The average Bonchev–Trinajstić information content (AvgIpc) is 2.38. The van der Waals surface area contributed by atoms with E-state index in [1.807, 2.05) is 0 Å². The summed E-state index contributed by atoms with van der Waals surface area (Å²) in [6.07, 6.45) is 6.87. The summed E-state index contributed by atoms with van der Waals surface area (Å²) in [5.74, 6) is 0.711. The molecule has 3 nitrogen and oxygen atoms in total. The highest BCUT2D eigenvalue weighted by Crippen LogP contribution is 2.25. The fourth-order valence-corrected chi connectivity index (χ4v) is 3.31. The molecule has 0 aromatic heterocycles. The van der Waals surface area contributed by atoms with E-state index in [4.69, 9.17) is 0 Å². The van der Waals surface area contributed by atoms with Gasteiger partial charge in [0.2, 0.25) is 5.91 Å². The van der Waals surface area contributed by atoms with Crippen LogP contribution in [0.15, 0.2) is 0 Å². The van der Waals surface area contributed by atoms with Gasteiger partial charge in [-0.15, -0.1) is 0 Å². The highest BCUT2D eigenvalue weighted by molar-refractivity contribution is 5.79. The van der Waals surface area contributed by atoms with Gasteiger partial charge in [0.25, 0.3) is 0 Å². The van der Waals surface area contributed by atoms with E-state index in [1.54, 1.807) is 0 Å². The minimum absolute atomic E-state index is 0.276. The van der Waals surface area contributed by atoms with E-state index in [-0.39, 0.29) is 5.92 Å². The first-order valence-electron chi connectivity index (χ1n) is 7.26. The van der Waals surface area contributed by atoms with E-state index >= 15 is 0 Å². The van der Waals surface area contributed by atoms with Crippen LogP contribution < -0.4 is 5.32 Å². The molecule has 0 saturated carbocycles. The Balaban J connectivity index is 1.97. The molecular weight excluding hydrogens is 212 g/mol. The molecule has 3 unspecified atom stereocenters. The Hall–Kier alpha value is -0.570. The van der Waals surface area contributed by atoms with E-state index in [0.717, 1.165) is 32.4 Å². The highest BCUT2D eigenvalue weighted by atomic mass is 16.2. The van der Waals surface area contributed by atoms with Gasteiger partial charge in [0.1, 0.15) is 0 Å². The molecule has 2 aliphatic heterocycles. The zero-order valence-corrected chi connectivity index (χ0v) is 11.2. The third kappa shape index (κ3) is 3.01. The average molecular weight is 238 g/mol. The van der Waals surface area contributed by atoms with Crippen LogP contribution in [0.1, 0.15) is 52.4 Å². The van der Waals surface area contributed by atoms with E-state index in [9.17, 15) is 4.79 Å². The maximum Gasteiger partial charge on any atom is 0.226 e. The second-order valence-electron chi connectivity index (χ2n) is 5.67. The molecule has 0 aromatic rings. The SMILES string of the molecule is CCC1CCCCN1C(=O)C1CCNC(C)C1. The molecule has 3 heteroatoms. The first-order valence-corrected chi connectivity index (χ1v) is 7.26. The summed E-state index contributed by atoms with van der Waals surface area (Å²) in [4.78, 5) is 14.8. The number of hydrogen-bond acceptors (Lipinski definition) is 2. The zero-order valence-electron chi connectivity index (χ0n) is 11.2. The molecular formula is C14H26N2O. The minimum atomic E-state index is 0.276. The van der Waals surface area contributed by atoms with Crippen molar-refractivity contribution in [2.24, 2.45) is 5.92 Å².